The van der Waals surface area contributed by atoms with Gasteiger partial charge in [-0.25, -0.2) is 4.98 Å². The molecule has 1 aromatic carbocycles. The molecule has 1 aromatic heterocycles. The zero-order valence-electron chi connectivity index (χ0n) is 10.6. The summed E-state index contributed by atoms with van der Waals surface area (Å²) in [5, 5.41) is 3.42. The van der Waals surface area contributed by atoms with Gasteiger partial charge in [0.05, 0.1) is 5.69 Å². The summed E-state index contributed by atoms with van der Waals surface area (Å²) in [5.41, 5.74) is 8.73. The van der Waals surface area contributed by atoms with Crippen LogP contribution in [0.1, 0.15) is 26.5 Å². The zero-order valence-corrected chi connectivity index (χ0v) is 11.4. The van der Waals surface area contributed by atoms with Crippen LogP contribution < -0.4 is 11.1 Å². The van der Waals surface area contributed by atoms with Gasteiger partial charge in [-0.1, -0.05) is 6.07 Å². The van der Waals surface area contributed by atoms with E-state index in [1.807, 2.05) is 20.8 Å². The molecule has 94 valence electrons. The number of aromatic nitrogens is 1. The highest BCUT2D eigenvalue weighted by atomic mass is 32.1. The molecule has 0 radical (unpaired) electrons. The molecule has 0 atom stereocenters. The maximum absolute atomic E-state index is 12.1. The maximum atomic E-state index is 12.1. The molecule has 0 aliphatic carbocycles. The van der Waals surface area contributed by atoms with Gasteiger partial charge in [0.1, 0.15) is 0 Å². The van der Waals surface area contributed by atoms with E-state index in [1.165, 1.54) is 11.3 Å². The Hall–Kier alpha value is -1.88. The van der Waals surface area contributed by atoms with E-state index in [0.717, 1.165) is 16.1 Å². The van der Waals surface area contributed by atoms with Crippen molar-refractivity contribution in [2.75, 3.05) is 11.1 Å². The second kappa shape index (κ2) is 4.78. The molecule has 0 spiro atoms. The van der Waals surface area contributed by atoms with Crippen molar-refractivity contribution in [3.63, 3.8) is 0 Å². The minimum Gasteiger partial charge on any atom is -0.398 e. The Kier molecular flexibility index (Phi) is 3.34. The van der Waals surface area contributed by atoms with Crippen LogP contribution in [0.4, 0.5) is 10.8 Å². The van der Waals surface area contributed by atoms with Crippen LogP contribution in [0.25, 0.3) is 0 Å². The van der Waals surface area contributed by atoms with Gasteiger partial charge >= 0.3 is 0 Å². The fourth-order valence-corrected chi connectivity index (χ4v) is 2.40. The van der Waals surface area contributed by atoms with Crippen molar-refractivity contribution in [1.82, 2.24) is 4.98 Å². The smallest absolute Gasteiger partial charge is 0.257 e. The predicted octanol–water partition coefficient (Wildman–Crippen LogP) is 2.90. The molecule has 0 bridgehead atoms. The molecule has 5 heteroatoms. The molecule has 4 nitrogen and oxygen atoms in total. The first-order valence-electron chi connectivity index (χ1n) is 5.59. The second-order valence-electron chi connectivity index (χ2n) is 4.13. The largest absolute Gasteiger partial charge is 0.398 e. The number of benzene rings is 1. The highest BCUT2D eigenvalue weighted by Crippen LogP contribution is 2.23. The number of nitrogens with zero attached hydrogens (tertiary/aromatic N) is 1. The van der Waals surface area contributed by atoms with Gasteiger partial charge in [-0.3, -0.25) is 10.1 Å². The lowest BCUT2D eigenvalue weighted by molar-refractivity contribution is 0.102. The van der Waals surface area contributed by atoms with Crippen molar-refractivity contribution in [1.29, 1.82) is 0 Å². The highest BCUT2D eigenvalue weighted by Gasteiger charge is 2.13. The van der Waals surface area contributed by atoms with E-state index in [0.29, 0.717) is 16.4 Å². The van der Waals surface area contributed by atoms with Crippen molar-refractivity contribution in [3.05, 3.63) is 39.9 Å². The molecule has 2 aromatic rings. The van der Waals surface area contributed by atoms with Crippen LogP contribution >= 0.6 is 11.3 Å². The Bertz CT molecular complexity index is 585. The van der Waals surface area contributed by atoms with Crippen molar-refractivity contribution < 1.29 is 4.79 Å². The van der Waals surface area contributed by atoms with Crippen molar-refractivity contribution in [3.8, 4) is 0 Å². The monoisotopic (exact) mass is 261 g/mol. The number of nitrogens with one attached hydrogen (secondary N) is 1. The van der Waals surface area contributed by atoms with E-state index in [9.17, 15) is 4.79 Å². The average molecular weight is 261 g/mol. The molecule has 3 N–H and O–H groups in total. The number of rotatable bonds is 2. The van der Waals surface area contributed by atoms with Gasteiger partial charge in [-0.05, 0) is 38.5 Å². The molecule has 18 heavy (non-hydrogen) atoms. The minimum atomic E-state index is -0.173. The molecule has 0 fully saturated rings. The van der Waals surface area contributed by atoms with Crippen molar-refractivity contribution in [2.24, 2.45) is 0 Å². The number of hydrogen-bond donors (Lipinski definition) is 2. The average Bonchev–Trinajstić information content (AvgIpc) is 2.61. The maximum Gasteiger partial charge on any atom is 0.257 e. The lowest BCUT2D eigenvalue weighted by Crippen LogP contribution is -2.14. The molecular formula is C13H15N3OS. The first-order valence-corrected chi connectivity index (χ1v) is 6.41. The number of anilines is 2. The summed E-state index contributed by atoms with van der Waals surface area (Å²) in [5.74, 6) is -0.173. The quantitative estimate of drug-likeness (QED) is 0.817. The molecular weight excluding hydrogens is 246 g/mol. The van der Waals surface area contributed by atoms with Gasteiger partial charge in [0.25, 0.3) is 5.91 Å². The second-order valence-corrected chi connectivity index (χ2v) is 5.34. The fraction of sp³-hybridized carbons (Fsp3) is 0.231. The molecule has 0 saturated heterocycles. The lowest BCUT2D eigenvalue weighted by atomic mass is 10.1. The van der Waals surface area contributed by atoms with E-state index in [4.69, 9.17) is 5.73 Å². The lowest BCUT2D eigenvalue weighted by Gasteiger charge is -2.07. The molecule has 0 saturated carbocycles. The van der Waals surface area contributed by atoms with Gasteiger partial charge in [0, 0.05) is 16.1 Å². The summed E-state index contributed by atoms with van der Waals surface area (Å²) in [6, 6.07) is 5.31. The Labute approximate surface area is 110 Å². The summed E-state index contributed by atoms with van der Waals surface area (Å²) in [4.78, 5) is 17.5. The molecule has 1 amide bonds. The fourth-order valence-electron chi connectivity index (χ4n) is 1.59. The van der Waals surface area contributed by atoms with Crippen LogP contribution in [0.15, 0.2) is 18.2 Å². The van der Waals surface area contributed by atoms with E-state index < -0.39 is 0 Å². The standard InChI is InChI=1S/C13H15N3OS/c1-7-10(5-4-6-11(7)14)12(17)16-13-15-8(2)9(3)18-13/h4-6H,14H2,1-3H3,(H,15,16,17). The topological polar surface area (TPSA) is 68.0 Å². The number of aryl methyl sites for hydroxylation is 2. The van der Waals surface area contributed by atoms with E-state index >= 15 is 0 Å². The van der Waals surface area contributed by atoms with E-state index in [-0.39, 0.29) is 5.91 Å². The third kappa shape index (κ3) is 2.36. The Balaban J connectivity index is 2.24. The summed E-state index contributed by atoms with van der Waals surface area (Å²) >= 11 is 1.47. The highest BCUT2D eigenvalue weighted by molar-refractivity contribution is 7.15. The van der Waals surface area contributed by atoms with E-state index in [2.05, 4.69) is 10.3 Å². The number of carbonyl (C=O) groups is 1. The van der Waals surface area contributed by atoms with E-state index in [1.54, 1.807) is 18.2 Å². The number of carbonyl (C=O) groups excluding carboxylic acids is 1. The van der Waals surface area contributed by atoms with Crippen LogP contribution in [-0.2, 0) is 0 Å². The SMILES string of the molecule is Cc1nc(NC(=O)c2cccc(N)c2C)sc1C. The zero-order chi connectivity index (χ0) is 13.3. The normalized spacial score (nSPS) is 10.4. The Morgan fingerprint density at radius 2 is 2.06 bits per heavy atom. The number of nitrogen functional groups attached to an aromatic ring is 1. The van der Waals surface area contributed by atoms with Crippen LogP contribution in [0.2, 0.25) is 0 Å². The first-order chi connectivity index (χ1) is 8.49. The molecule has 2 rings (SSSR count). The van der Waals surface area contributed by atoms with Gasteiger partial charge < -0.3 is 5.73 Å². The number of nitrogens with two attached hydrogens (primary N) is 1. The van der Waals surface area contributed by atoms with Gasteiger partial charge in [-0.2, -0.15) is 0 Å². The van der Waals surface area contributed by atoms with Crippen LogP contribution in [0, 0.1) is 20.8 Å². The first kappa shape index (κ1) is 12.6. The van der Waals surface area contributed by atoms with Gasteiger partial charge in [0.2, 0.25) is 0 Å². The van der Waals surface area contributed by atoms with Crippen LogP contribution in [-0.4, -0.2) is 10.9 Å². The van der Waals surface area contributed by atoms with Crippen molar-refractivity contribution >= 4 is 28.1 Å². The molecule has 1 heterocycles. The Morgan fingerprint density at radius 3 is 2.67 bits per heavy atom. The molecule has 0 aliphatic rings. The molecule has 0 unspecified atom stereocenters. The number of hydrogen-bond acceptors (Lipinski definition) is 4. The summed E-state index contributed by atoms with van der Waals surface area (Å²) in [6.45, 7) is 5.74. The van der Waals surface area contributed by atoms with Gasteiger partial charge in [-0.15, -0.1) is 11.3 Å². The number of thiazole rings is 1. The third-order valence-corrected chi connectivity index (χ3v) is 3.86. The van der Waals surface area contributed by atoms with Gasteiger partial charge in [0.15, 0.2) is 5.13 Å². The Morgan fingerprint density at radius 1 is 1.33 bits per heavy atom. The summed E-state index contributed by atoms with van der Waals surface area (Å²) in [7, 11) is 0. The van der Waals surface area contributed by atoms with Crippen molar-refractivity contribution in [2.45, 2.75) is 20.8 Å². The number of amides is 1. The summed E-state index contributed by atoms with van der Waals surface area (Å²) < 4.78 is 0. The summed E-state index contributed by atoms with van der Waals surface area (Å²) in [6.07, 6.45) is 0. The van der Waals surface area contributed by atoms with Crippen LogP contribution in [0.3, 0.4) is 0 Å². The van der Waals surface area contributed by atoms with Crippen LogP contribution in [0.5, 0.6) is 0 Å². The molecule has 0 aliphatic heterocycles. The minimum absolute atomic E-state index is 0.173. The predicted molar refractivity (Wildman–Crippen MR) is 75.1 cm³/mol. The third-order valence-electron chi connectivity index (χ3n) is 2.87.